The number of carbonyl (C=O) groups excluding carboxylic acids is 1. The SMILES string of the molecule is CCC(C)(C)C(=O)OC1CC2CC1C1CCCC21.COCOC1CCCCC1. The fourth-order valence-corrected chi connectivity index (χ4v) is 5.98. The number of hydrogen-bond acceptors (Lipinski definition) is 4. The third-order valence-corrected chi connectivity index (χ3v) is 8.04. The van der Waals surface area contributed by atoms with Crippen molar-refractivity contribution in [1.82, 2.24) is 0 Å². The van der Waals surface area contributed by atoms with Crippen LogP contribution in [0.1, 0.15) is 91.4 Å². The van der Waals surface area contributed by atoms with Crippen molar-refractivity contribution in [2.24, 2.45) is 29.1 Å². The summed E-state index contributed by atoms with van der Waals surface area (Å²) in [4.78, 5) is 12.2. The van der Waals surface area contributed by atoms with Crippen LogP contribution in [0.5, 0.6) is 0 Å². The number of rotatable bonds is 6. The van der Waals surface area contributed by atoms with Crippen LogP contribution in [-0.4, -0.2) is 32.1 Å². The quantitative estimate of drug-likeness (QED) is 0.426. The summed E-state index contributed by atoms with van der Waals surface area (Å²) in [6.45, 7) is 6.53. The molecule has 0 aliphatic heterocycles. The standard InChI is InChI=1S/C16H26O2.C8H16O2/c1-4-16(2,3)15(17)18-14-9-10-8-13(14)12-7-5-6-11(10)12;1-9-7-10-8-5-3-2-4-6-8/h10-14H,4-9H2,1-3H3;8H,2-7H2,1H3. The number of carbonyl (C=O) groups is 1. The van der Waals surface area contributed by atoms with E-state index in [1.165, 1.54) is 57.8 Å². The average Bonchev–Trinajstić information content (AvgIpc) is 3.41. The van der Waals surface area contributed by atoms with Crippen LogP contribution >= 0.6 is 0 Å². The van der Waals surface area contributed by atoms with Gasteiger partial charge in [-0.3, -0.25) is 4.79 Å². The van der Waals surface area contributed by atoms with E-state index in [1.54, 1.807) is 7.11 Å². The highest BCUT2D eigenvalue weighted by Gasteiger charge is 2.55. The topological polar surface area (TPSA) is 44.8 Å². The molecule has 4 saturated carbocycles. The Morgan fingerprint density at radius 1 is 0.929 bits per heavy atom. The summed E-state index contributed by atoms with van der Waals surface area (Å²) < 4.78 is 16.1. The third-order valence-electron chi connectivity index (χ3n) is 8.04. The van der Waals surface area contributed by atoms with Gasteiger partial charge in [0.2, 0.25) is 0 Å². The molecule has 0 aromatic carbocycles. The van der Waals surface area contributed by atoms with E-state index in [0.29, 0.717) is 18.8 Å². The Bertz CT molecular complexity index is 497. The fourth-order valence-electron chi connectivity index (χ4n) is 5.98. The van der Waals surface area contributed by atoms with Crippen molar-refractivity contribution in [1.29, 1.82) is 0 Å². The summed E-state index contributed by atoms with van der Waals surface area (Å²) in [5.74, 6) is 3.44. The predicted octanol–water partition coefficient (Wildman–Crippen LogP) is 5.73. The lowest BCUT2D eigenvalue weighted by atomic mass is 9.80. The molecule has 0 amide bonds. The monoisotopic (exact) mass is 394 g/mol. The second-order valence-corrected chi connectivity index (χ2v) is 10.2. The minimum atomic E-state index is -0.309. The first-order valence-corrected chi connectivity index (χ1v) is 11.8. The Morgan fingerprint density at radius 3 is 2.32 bits per heavy atom. The molecule has 4 aliphatic carbocycles. The third kappa shape index (κ3) is 5.11. The van der Waals surface area contributed by atoms with Crippen molar-refractivity contribution in [2.45, 2.75) is 104 Å². The second kappa shape index (κ2) is 9.93. The first-order valence-electron chi connectivity index (χ1n) is 11.8. The molecule has 0 spiro atoms. The highest BCUT2D eigenvalue weighted by Crippen LogP contribution is 2.59. The number of hydrogen-bond donors (Lipinski definition) is 0. The van der Waals surface area contributed by atoms with Crippen molar-refractivity contribution in [3.8, 4) is 0 Å². The maximum Gasteiger partial charge on any atom is 0.311 e. The van der Waals surface area contributed by atoms with Gasteiger partial charge < -0.3 is 14.2 Å². The Kier molecular flexibility index (Phi) is 7.83. The largest absolute Gasteiger partial charge is 0.462 e. The first kappa shape index (κ1) is 22.1. The van der Waals surface area contributed by atoms with Crippen LogP contribution in [-0.2, 0) is 19.0 Å². The molecule has 0 N–H and O–H groups in total. The molecule has 162 valence electrons. The van der Waals surface area contributed by atoms with Gasteiger partial charge in [-0.2, -0.15) is 0 Å². The van der Waals surface area contributed by atoms with E-state index in [1.807, 2.05) is 13.8 Å². The van der Waals surface area contributed by atoms with Crippen molar-refractivity contribution in [2.75, 3.05) is 13.9 Å². The van der Waals surface area contributed by atoms with Gasteiger partial charge in [-0.25, -0.2) is 0 Å². The Labute approximate surface area is 172 Å². The highest BCUT2D eigenvalue weighted by atomic mass is 16.7. The Morgan fingerprint density at radius 2 is 1.64 bits per heavy atom. The van der Waals surface area contributed by atoms with Gasteiger partial charge in [-0.05, 0) is 82.5 Å². The molecule has 5 unspecified atom stereocenters. The van der Waals surface area contributed by atoms with Gasteiger partial charge >= 0.3 is 5.97 Å². The van der Waals surface area contributed by atoms with Crippen LogP contribution in [0.2, 0.25) is 0 Å². The van der Waals surface area contributed by atoms with Crippen LogP contribution in [0.4, 0.5) is 0 Å². The molecule has 4 rings (SSSR count). The van der Waals surface area contributed by atoms with E-state index in [9.17, 15) is 4.79 Å². The van der Waals surface area contributed by atoms with E-state index in [-0.39, 0.29) is 17.5 Å². The number of fused-ring (bicyclic) bond motifs is 5. The van der Waals surface area contributed by atoms with E-state index in [4.69, 9.17) is 14.2 Å². The molecule has 4 aliphatic rings. The van der Waals surface area contributed by atoms with E-state index in [2.05, 4.69) is 6.92 Å². The summed E-state index contributed by atoms with van der Waals surface area (Å²) in [5.41, 5.74) is -0.309. The Balaban J connectivity index is 0.000000192. The van der Waals surface area contributed by atoms with Gasteiger partial charge in [0.15, 0.2) is 0 Å². The normalized spacial score (nSPS) is 34.6. The maximum atomic E-state index is 12.2. The molecule has 4 heteroatoms. The van der Waals surface area contributed by atoms with Crippen molar-refractivity contribution in [3.05, 3.63) is 0 Å². The van der Waals surface area contributed by atoms with E-state index in [0.717, 1.165) is 30.6 Å². The summed E-state index contributed by atoms with van der Waals surface area (Å²) in [5, 5.41) is 0. The summed E-state index contributed by atoms with van der Waals surface area (Å²) in [6.07, 6.45) is 14.8. The molecule has 5 atom stereocenters. The Hall–Kier alpha value is -0.610. The molecule has 0 saturated heterocycles. The smallest absolute Gasteiger partial charge is 0.311 e. The fraction of sp³-hybridized carbons (Fsp3) is 0.958. The molecule has 4 nitrogen and oxygen atoms in total. The van der Waals surface area contributed by atoms with Gasteiger partial charge in [0, 0.05) is 7.11 Å². The van der Waals surface area contributed by atoms with Gasteiger partial charge in [0.25, 0.3) is 0 Å². The molecule has 28 heavy (non-hydrogen) atoms. The molecule has 2 bridgehead atoms. The van der Waals surface area contributed by atoms with Crippen LogP contribution in [0.25, 0.3) is 0 Å². The molecule has 4 fully saturated rings. The van der Waals surface area contributed by atoms with Gasteiger partial charge in [0.1, 0.15) is 12.9 Å². The number of esters is 1. The van der Waals surface area contributed by atoms with Gasteiger partial charge in [-0.15, -0.1) is 0 Å². The zero-order valence-corrected chi connectivity index (χ0v) is 18.6. The van der Waals surface area contributed by atoms with Crippen molar-refractivity contribution < 1.29 is 19.0 Å². The summed E-state index contributed by atoms with van der Waals surface area (Å²) in [7, 11) is 1.67. The van der Waals surface area contributed by atoms with Crippen LogP contribution < -0.4 is 0 Å². The average molecular weight is 395 g/mol. The summed E-state index contributed by atoms with van der Waals surface area (Å²) >= 11 is 0. The van der Waals surface area contributed by atoms with E-state index >= 15 is 0 Å². The lowest BCUT2D eigenvalue weighted by Gasteiger charge is -2.33. The molecular weight excluding hydrogens is 352 g/mol. The molecule has 0 aromatic rings. The van der Waals surface area contributed by atoms with Gasteiger partial charge in [0.05, 0.1) is 11.5 Å². The van der Waals surface area contributed by atoms with Crippen LogP contribution in [0, 0.1) is 29.1 Å². The minimum absolute atomic E-state index is 0.0251. The number of methoxy groups -OCH3 is 1. The van der Waals surface area contributed by atoms with Crippen molar-refractivity contribution in [3.63, 3.8) is 0 Å². The van der Waals surface area contributed by atoms with E-state index < -0.39 is 0 Å². The van der Waals surface area contributed by atoms with Crippen LogP contribution in [0.3, 0.4) is 0 Å². The molecule has 0 radical (unpaired) electrons. The predicted molar refractivity (Wildman–Crippen MR) is 111 cm³/mol. The second-order valence-electron chi connectivity index (χ2n) is 10.2. The maximum absolute atomic E-state index is 12.2. The zero-order chi connectivity index (χ0) is 20.1. The number of ether oxygens (including phenoxy) is 3. The molecular formula is C24H42O4. The van der Waals surface area contributed by atoms with Crippen LogP contribution in [0.15, 0.2) is 0 Å². The lowest BCUT2D eigenvalue weighted by molar-refractivity contribution is -0.163. The minimum Gasteiger partial charge on any atom is -0.462 e. The molecule has 0 aromatic heterocycles. The van der Waals surface area contributed by atoms with Crippen molar-refractivity contribution >= 4 is 5.97 Å². The van der Waals surface area contributed by atoms with Gasteiger partial charge in [-0.1, -0.05) is 32.6 Å². The highest BCUT2D eigenvalue weighted by molar-refractivity contribution is 5.76. The summed E-state index contributed by atoms with van der Waals surface area (Å²) in [6, 6.07) is 0. The zero-order valence-electron chi connectivity index (χ0n) is 18.6. The molecule has 0 heterocycles. The lowest BCUT2D eigenvalue weighted by Crippen LogP contribution is -2.36. The first-order chi connectivity index (χ1) is 13.5.